The first kappa shape index (κ1) is 59.0. The van der Waals surface area contributed by atoms with Crippen molar-refractivity contribution in [2.24, 2.45) is 0 Å². The number of hydrogen-bond acceptors (Lipinski definition) is 5. The third-order valence-electron chi connectivity index (χ3n) is 11.7. The molecule has 0 bridgehead atoms. The van der Waals surface area contributed by atoms with Crippen molar-refractivity contribution < 1.29 is 32.9 Å². The molecular weight excluding hydrogens is 768 g/mol. The summed E-state index contributed by atoms with van der Waals surface area (Å²) in [4.78, 5) is 23.2. The molecule has 0 saturated heterocycles. The summed E-state index contributed by atoms with van der Waals surface area (Å²) in [6.07, 6.45) is 52.6. The quantitative estimate of drug-likeness (QED) is 0.0243. The van der Waals surface area contributed by atoms with Gasteiger partial charge in [0.1, 0.15) is 13.2 Å². The van der Waals surface area contributed by atoms with Crippen LogP contribution in [-0.2, 0) is 18.4 Å². The lowest BCUT2D eigenvalue weighted by atomic mass is 10.0. The predicted molar refractivity (Wildman–Crippen MR) is 258 cm³/mol. The van der Waals surface area contributed by atoms with Gasteiger partial charge >= 0.3 is 7.82 Å². The number of quaternary nitrogens is 1. The van der Waals surface area contributed by atoms with Gasteiger partial charge in [-0.05, 0) is 44.9 Å². The molecule has 0 heterocycles. The number of nitrogens with one attached hydrogen (secondary N) is 1. The standard InChI is InChI=1S/C51H101N2O6P/c1-6-8-10-12-14-16-18-20-21-22-23-24-25-26-27-28-29-30-31-33-35-37-39-41-43-45-51(55)52-49(48-59-60(56,57)58-47-46-53(3,4)5)50(54)44-42-40-38-36-34-32-19-17-15-13-11-9-7-2/h22-23,42,44,49-50,54H,6-21,24-41,43,45-48H2,1-5H3,(H-,52,55,56,57)/p+1/b23-22-,44-42+. The number of carbonyl (C=O) groups excluding carboxylic acids is 1. The van der Waals surface area contributed by atoms with E-state index in [9.17, 15) is 19.4 Å². The van der Waals surface area contributed by atoms with Crippen LogP contribution in [0.25, 0.3) is 0 Å². The van der Waals surface area contributed by atoms with Gasteiger partial charge in [0.25, 0.3) is 0 Å². The van der Waals surface area contributed by atoms with Gasteiger partial charge in [-0.2, -0.15) is 0 Å². The number of likely N-dealkylation sites (N-methyl/N-ethyl adjacent to an activating group) is 1. The molecule has 356 valence electrons. The van der Waals surface area contributed by atoms with Gasteiger partial charge in [0.05, 0.1) is 39.9 Å². The lowest BCUT2D eigenvalue weighted by Crippen LogP contribution is -2.45. The van der Waals surface area contributed by atoms with Crippen LogP contribution in [0, 0.1) is 0 Å². The van der Waals surface area contributed by atoms with E-state index in [1.165, 1.54) is 186 Å². The molecule has 60 heavy (non-hydrogen) atoms. The van der Waals surface area contributed by atoms with Crippen LogP contribution in [-0.4, -0.2) is 73.4 Å². The zero-order valence-electron chi connectivity index (χ0n) is 40.5. The SMILES string of the molecule is CCCCCCCCCC/C=C\CCCCCCCCCCCCCCCC(=O)NC(COP(=O)(O)OCC[N+](C)(C)C)C(O)/C=C/CCCCCCCCCCCCC. The molecule has 3 N–H and O–H groups in total. The highest BCUT2D eigenvalue weighted by atomic mass is 31.2. The Morgan fingerprint density at radius 3 is 1.28 bits per heavy atom. The van der Waals surface area contributed by atoms with E-state index >= 15 is 0 Å². The number of aliphatic hydroxyl groups is 1. The lowest BCUT2D eigenvalue weighted by molar-refractivity contribution is -0.870. The Morgan fingerprint density at radius 2 is 0.900 bits per heavy atom. The Hall–Kier alpha value is -1.02. The highest BCUT2D eigenvalue weighted by Gasteiger charge is 2.27. The van der Waals surface area contributed by atoms with Gasteiger partial charge < -0.3 is 19.8 Å². The minimum absolute atomic E-state index is 0.0631. The molecule has 8 nitrogen and oxygen atoms in total. The summed E-state index contributed by atoms with van der Waals surface area (Å²) >= 11 is 0. The fourth-order valence-electron chi connectivity index (χ4n) is 7.57. The molecule has 0 spiro atoms. The topological polar surface area (TPSA) is 105 Å². The molecule has 3 atom stereocenters. The van der Waals surface area contributed by atoms with Crippen molar-refractivity contribution in [3.05, 3.63) is 24.3 Å². The number of unbranched alkanes of at least 4 members (excludes halogenated alkanes) is 32. The lowest BCUT2D eigenvalue weighted by Gasteiger charge is -2.25. The number of rotatable bonds is 47. The highest BCUT2D eigenvalue weighted by molar-refractivity contribution is 7.47. The molecule has 0 aliphatic heterocycles. The van der Waals surface area contributed by atoms with Crippen LogP contribution in [0.3, 0.4) is 0 Å². The minimum Gasteiger partial charge on any atom is -0.387 e. The van der Waals surface area contributed by atoms with Crippen molar-refractivity contribution in [2.45, 2.75) is 257 Å². The normalized spacial score (nSPS) is 14.3. The molecule has 0 aliphatic carbocycles. The molecule has 1 amide bonds. The maximum Gasteiger partial charge on any atom is 0.472 e. The monoisotopic (exact) mass is 870 g/mol. The minimum atomic E-state index is -4.34. The number of nitrogens with zero attached hydrogens (tertiary/aromatic N) is 1. The summed E-state index contributed by atoms with van der Waals surface area (Å²) < 4.78 is 23.6. The van der Waals surface area contributed by atoms with E-state index < -0.39 is 20.0 Å². The van der Waals surface area contributed by atoms with Crippen LogP contribution in [0.15, 0.2) is 24.3 Å². The summed E-state index contributed by atoms with van der Waals surface area (Å²) in [5, 5.41) is 13.9. The maximum atomic E-state index is 12.9. The van der Waals surface area contributed by atoms with Gasteiger partial charge in [-0.1, -0.05) is 218 Å². The Labute approximate surface area is 373 Å². The maximum absolute atomic E-state index is 12.9. The number of phosphoric acid groups is 1. The van der Waals surface area contributed by atoms with E-state index in [-0.39, 0.29) is 19.1 Å². The molecule has 0 radical (unpaired) electrons. The molecule has 0 fully saturated rings. The zero-order chi connectivity index (χ0) is 44.3. The number of aliphatic hydroxyl groups excluding tert-OH is 1. The molecule has 0 aromatic rings. The molecule has 0 saturated carbocycles. The summed E-state index contributed by atoms with van der Waals surface area (Å²) in [6.45, 7) is 4.83. The first-order valence-electron chi connectivity index (χ1n) is 25.7. The molecule has 9 heteroatoms. The average molecular weight is 870 g/mol. The van der Waals surface area contributed by atoms with Crippen LogP contribution < -0.4 is 5.32 Å². The second kappa shape index (κ2) is 43.2. The van der Waals surface area contributed by atoms with Crippen molar-refractivity contribution in [1.29, 1.82) is 0 Å². The molecular formula is C51H102N2O6P+. The summed E-state index contributed by atoms with van der Waals surface area (Å²) in [7, 11) is 1.58. The second-order valence-corrected chi connectivity index (χ2v) is 20.4. The number of amides is 1. The van der Waals surface area contributed by atoms with Gasteiger partial charge in [0.2, 0.25) is 5.91 Å². The molecule has 3 unspecified atom stereocenters. The van der Waals surface area contributed by atoms with Crippen LogP contribution in [0.2, 0.25) is 0 Å². The summed E-state index contributed by atoms with van der Waals surface area (Å²) in [5.74, 6) is -0.175. The molecule has 0 rings (SSSR count). The molecule has 0 aromatic heterocycles. The van der Waals surface area contributed by atoms with Gasteiger partial charge in [0.15, 0.2) is 0 Å². The van der Waals surface area contributed by atoms with Crippen LogP contribution in [0.1, 0.15) is 245 Å². The van der Waals surface area contributed by atoms with E-state index in [0.717, 1.165) is 38.5 Å². The number of hydrogen-bond donors (Lipinski definition) is 3. The number of phosphoric ester groups is 1. The van der Waals surface area contributed by atoms with E-state index in [0.29, 0.717) is 17.4 Å². The van der Waals surface area contributed by atoms with E-state index in [2.05, 4.69) is 31.3 Å². The predicted octanol–water partition coefficient (Wildman–Crippen LogP) is 14.9. The van der Waals surface area contributed by atoms with Crippen molar-refractivity contribution in [1.82, 2.24) is 5.32 Å². The van der Waals surface area contributed by atoms with Crippen molar-refractivity contribution >= 4 is 13.7 Å². The van der Waals surface area contributed by atoms with E-state index in [4.69, 9.17) is 9.05 Å². The largest absolute Gasteiger partial charge is 0.472 e. The molecule has 0 aliphatic rings. The summed E-state index contributed by atoms with van der Waals surface area (Å²) in [6, 6.07) is -0.843. The van der Waals surface area contributed by atoms with Crippen LogP contribution in [0.5, 0.6) is 0 Å². The smallest absolute Gasteiger partial charge is 0.387 e. The third kappa shape index (κ3) is 45.0. The highest BCUT2D eigenvalue weighted by Crippen LogP contribution is 2.43. The fraction of sp³-hybridized carbons (Fsp3) is 0.902. The zero-order valence-corrected chi connectivity index (χ0v) is 41.4. The fourth-order valence-corrected chi connectivity index (χ4v) is 8.30. The van der Waals surface area contributed by atoms with E-state index in [1.54, 1.807) is 6.08 Å². The third-order valence-corrected chi connectivity index (χ3v) is 12.6. The van der Waals surface area contributed by atoms with Gasteiger partial charge in [0, 0.05) is 6.42 Å². The van der Waals surface area contributed by atoms with E-state index in [1.807, 2.05) is 27.2 Å². The van der Waals surface area contributed by atoms with Gasteiger partial charge in [-0.3, -0.25) is 13.8 Å². The Balaban J connectivity index is 4.18. The average Bonchev–Trinajstić information content (AvgIpc) is 3.20. The van der Waals surface area contributed by atoms with Gasteiger partial charge in [-0.15, -0.1) is 0 Å². The Kier molecular flexibility index (Phi) is 42.5. The van der Waals surface area contributed by atoms with Crippen LogP contribution in [0.4, 0.5) is 0 Å². The van der Waals surface area contributed by atoms with Crippen molar-refractivity contribution in [3.8, 4) is 0 Å². The number of carbonyl (C=O) groups is 1. The first-order valence-corrected chi connectivity index (χ1v) is 27.2. The van der Waals surface area contributed by atoms with Crippen molar-refractivity contribution in [2.75, 3.05) is 40.9 Å². The summed E-state index contributed by atoms with van der Waals surface area (Å²) in [5.41, 5.74) is 0. The van der Waals surface area contributed by atoms with Crippen LogP contribution >= 0.6 is 7.82 Å². The Morgan fingerprint density at radius 1 is 0.550 bits per heavy atom. The van der Waals surface area contributed by atoms with Crippen molar-refractivity contribution in [3.63, 3.8) is 0 Å². The van der Waals surface area contributed by atoms with Gasteiger partial charge in [-0.25, -0.2) is 4.57 Å². The first-order chi connectivity index (χ1) is 29.0. The second-order valence-electron chi connectivity index (χ2n) is 18.9. The Bertz CT molecular complexity index is 1030. The number of allylic oxidation sites excluding steroid dienone is 3. The molecule has 0 aromatic carbocycles.